The van der Waals surface area contributed by atoms with Crippen LogP contribution in [-0.2, 0) is 10.0 Å². The zero-order chi connectivity index (χ0) is 25.6. The smallest absolute Gasteiger partial charge is 0.272 e. The van der Waals surface area contributed by atoms with E-state index in [0.29, 0.717) is 37.1 Å². The van der Waals surface area contributed by atoms with Crippen molar-refractivity contribution in [1.82, 2.24) is 0 Å². The maximum Gasteiger partial charge on any atom is 0.272 e. The van der Waals surface area contributed by atoms with Gasteiger partial charge in [0, 0.05) is 5.56 Å². The molecule has 0 fully saturated rings. The van der Waals surface area contributed by atoms with Crippen molar-refractivity contribution in [2.45, 2.75) is 39.5 Å². The molecular weight excluding hydrogens is 466 g/mol. The predicted octanol–water partition coefficient (Wildman–Crippen LogP) is 5.54. The van der Waals surface area contributed by atoms with E-state index in [2.05, 4.69) is 0 Å². The Morgan fingerprint density at radius 1 is 0.743 bits per heavy atom. The first kappa shape index (κ1) is 26.1. The molecule has 186 valence electrons. The SMILES string of the molecule is CCOc1cc(C(=O)N(c2ccc(C)cc2)S(=O)(=O)c2ccc(C)cc2)cc(OCC)c1OCC. The van der Waals surface area contributed by atoms with Crippen molar-refractivity contribution in [1.29, 1.82) is 0 Å². The van der Waals surface area contributed by atoms with Crippen LogP contribution in [0.15, 0.2) is 65.6 Å². The first-order valence-electron chi connectivity index (χ1n) is 11.5. The molecule has 0 aliphatic carbocycles. The number of amides is 1. The molecule has 8 heteroatoms. The third-order valence-corrected chi connectivity index (χ3v) is 6.89. The van der Waals surface area contributed by atoms with Crippen LogP contribution >= 0.6 is 0 Å². The Bertz CT molecular complexity index is 1240. The molecule has 0 unspecified atom stereocenters. The third-order valence-electron chi connectivity index (χ3n) is 5.17. The average Bonchev–Trinajstić information content (AvgIpc) is 2.82. The Morgan fingerprint density at radius 3 is 1.66 bits per heavy atom. The number of carbonyl (C=O) groups is 1. The zero-order valence-electron chi connectivity index (χ0n) is 20.7. The van der Waals surface area contributed by atoms with E-state index in [0.717, 1.165) is 15.4 Å². The summed E-state index contributed by atoms with van der Waals surface area (Å²) in [6.07, 6.45) is 0. The second kappa shape index (κ2) is 11.3. The molecule has 0 radical (unpaired) electrons. The second-order valence-corrected chi connectivity index (χ2v) is 9.61. The summed E-state index contributed by atoms with van der Waals surface area (Å²) in [7, 11) is -4.23. The van der Waals surface area contributed by atoms with Gasteiger partial charge in [-0.1, -0.05) is 35.4 Å². The van der Waals surface area contributed by atoms with Gasteiger partial charge in [-0.05, 0) is 71.0 Å². The fourth-order valence-corrected chi connectivity index (χ4v) is 4.90. The summed E-state index contributed by atoms with van der Waals surface area (Å²) in [5.74, 6) is 0.246. The van der Waals surface area contributed by atoms with Crippen LogP contribution in [0.1, 0.15) is 42.3 Å². The summed E-state index contributed by atoms with van der Waals surface area (Å²) in [5.41, 5.74) is 2.17. The number of rotatable bonds is 10. The summed E-state index contributed by atoms with van der Waals surface area (Å²) in [5, 5.41) is 0. The molecule has 1 amide bonds. The van der Waals surface area contributed by atoms with Gasteiger partial charge in [-0.25, -0.2) is 8.42 Å². The predicted molar refractivity (Wildman–Crippen MR) is 136 cm³/mol. The summed E-state index contributed by atoms with van der Waals surface area (Å²) in [4.78, 5) is 13.9. The number of hydrogen-bond acceptors (Lipinski definition) is 6. The van der Waals surface area contributed by atoms with Gasteiger partial charge < -0.3 is 14.2 Å². The number of nitrogens with zero attached hydrogens (tertiary/aromatic N) is 1. The number of aryl methyl sites for hydroxylation is 2. The highest BCUT2D eigenvalue weighted by Gasteiger charge is 2.33. The molecule has 3 rings (SSSR count). The van der Waals surface area contributed by atoms with Crippen LogP contribution in [0.3, 0.4) is 0 Å². The van der Waals surface area contributed by atoms with Gasteiger partial charge in [-0.3, -0.25) is 4.79 Å². The minimum atomic E-state index is -4.23. The Morgan fingerprint density at radius 2 is 1.20 bits per heavy atom. The highest BCUT2D eigenvalue weighted by Crippen LogP contribution is 2.40. The van der Waals surface area contributed by atoms with Crippen LogP contribution in [-0.4, -0.2) is 34.1 Å². The van der Waals surface area contributed by atoms with Crippen molar-refractivity contribution in [3.63, 3.8) is 0 Å². The molecule has 0 bridgehead atoms. The van der Waals surface area contributed by atoms with Gasteiger partial charge in [0.25, 0.3) is 15.9 Å². The Kier molecular flexibility index (Phi) is 8.40. The molecule has 0 atom stereocenters. The molecule has 7 nitrogen and oxygen atoms in total. The van der Waals surface area contributed by atoms with Crippen LogP contribution in [0.5, 0.6) is 17.2 Å². The maximum absolute atomic E-state index is 13.9. The molecule has 0 heterocycles. The van der Waals surface area contributed by atoms with Crippen molar-refractivity contribution < 1.29 is 27.4 Å². The summed E-state index contributed by atoms with van der Waals surface area (Å²) >= 11 is 0. The van der Waals surface area contributed by atoms with Gasteiger partial charge in [-0.15, -0.1) is 0 Å². The van der Waals surface area contributed by atoms with Gasteiger partial charge in [0.2, 0.25) is 5.75 Å². The average molecular weight is 498 g/mol. The van der Waals surface area contributed by atoms with Crippen molar-refractivity contribution >= 4 is 21.6 Å². The topological polar surface area (TPSA) is 82.1 Å². The lowest BCUT2D eigenvalue weighted by Crippen LogP contribution is -2.37. The standard InChI is InChI=1S/C27H31NO6S/c1-6-32-24-17-21(18-25(33-7-2)26(24)34-8-3)27(29)28(22-13-9-19(4)10-14-22)35(30,31)23-15-11-20(5)12-16-23/h9-18H,6-8H2,1-5H3. The van der Waals surface area contributed by atoms with E-state index in [1.54, 1.807) is 36.4 Å². The van der Waals surface area contributed by atoms with Crippen LogP contribution in [0.2, 0.25) is 0 Å². The molecule has 3 aromatic carbocycles. The van der Waals surface area contributed by atoms with Crippen LogP contribution < -0.4 is 18.5 Å². The summed E-state index contributed by atoms with van der Waals surface area (Å²) < 4.78 is 45.5. The fraction of sp³-hybridized carbons (Fsp3) is 0.296. The number of anilines is 1. The molecule has 0 aliphatic heterocycles. The quantitative estimate of drug-likeness (QED) is 0.366. The lowest BCUT2D eigenvalue weighted by Gasteiger charge is -2.24. The summed E-state index contributed by atoms with van der Waals surface area (Å²) in [6, 6.07) is 16.1. The van der Waals surface area contributed by atoms with E-state index in [1.165, 1.54) is 24.3 Å². The van der Waals surface area contributed by atoms with Crippen LogP contribution in [0, 0.1) is 13.8 Å². The van der Waals surface area contributed by atoms with E-state index in [9.17, 15) is 13.2 Å². The highest BCUT2D eigenvalue weighted by molar-refractivity contribution is 7.93. The normalized spacial score (nSPS) is 11.1. The van der Waals surface area contributed by atoms with Crippen LogP contribution in [0.25, 0.3) is 0 Å². The number of hydrogen-bond donors (Lipinski definition) is 0. The summed E-state index contributed by atoms with van der Waals surface area (Å²) in [6.45, 7) is 10.2. The molecule has 3 aromatic rings. The van der Waals surface area contributed by atoms with E-state index in [-0.39, 0.29) is 16.1 Å². The van der Waals surface area contributed by atoms with Gasteiger partial charge in [0.1, 0.15) is 0 Å². The first-order chi connectivity index (χ1) is 16.7. The van der Waals surface area contributed by atoms with Gasteiger partial charge in [0.05, 0.1) is 30.4 Å². The number of carbonyl (C=O) groups excluding carboxylic acids is 1. The molecule has 0 saturated heterocycles. The molecule has 0 aliphatic rings. The van der Waals surface area contributed by atoms with E-state index >= 15 is 0 Å². The van der Waals surface area contributed by atoms with E-state index < -0.39 is 15.9 Å². The van der Waals surface area contributed by atoms with Crippen LogP contribution in [0.4, 0.5) is 5.69 Å². The Labute approximate surface area is 207 Å². The molecular formula is C27H31NO6S. The van der Waals surface area contributed by atoms with Crippen molar-refractivity contribution in [3.05, 3.63) is 77.4 Å². The Balaban J connectivity index is 2.21. The minimum absolute atomic E-state index is 0.0121. The largest absolute Gasteiger partial charge is 0.490 e. The van der Waals surface area contributed by atoms with Crippen molar-refractivity contribution in [2.24, 2.45) is 0 Å². The first-order valence-corrected chi connectivity index (χ1v) is 13.0. The molecule has 0 spiro atoms. The Hall–Kier alpha value is -3.52. The zero-order valence-corrected chi connectivity index (χ0v) is 21.5. The van der Waals surface area contributed by atoms with E-state index in [1.807, 2.05) is 34.6 Å². The highest BCUT2D eigenvalue weighted by atomic mass is 32.2. The maximum atomic E-state index is 13.9. The van der Waals surface area contributed by atoms with E-state index in [4.69, 9.17) is 14.2 Å². The molecule has 0 N–H and O–H groups in total. The number of benzene rings is 3. The fourth-order valence-electron chi connectivity index (χ4n) is 3.49. The molecule has 35 heavy (non-hydrogen) atoms. The van der Waals surface area contributed by atoms with Gasteiger partial charge >= 0.3 is 0 Å². The minimum Gasteiger partial charge on any atom is -0.490 e. The van der Waals surface area contributed by atoms with Gasteiger partial charge in [-0.2, -0.15) is 4.31 Å². The second-order valence-electron chi connectivity index (χ2n) is 7.82. The monoisotopic (exact) mass is 497 g/mol. The number of ether oxygens (including phenoxy) is 3. The number of sulfonamides is 1. The van der Waals surface area contributed by atoms with Crippen molar-refractivity contribution in [2.75, 3.05) is 24.1 Å². The molecule has 0 aromatic heterocycles. The lowest BCUT2D eigenvalue weighted by molar-refractivity contribution is 0.100. The third kappa shape index (κ3) is 5.77. The van der Waals surface area contributed by atoms with Gasteiger partial charge in [0.15, 0.2) is 11.5 Å². The lowest BCUT2D eigenvalue weighted by atomic mass is 10.1. The van der Waals surface area contributed by atoms with Crippen molar-refractivity contribution in [3.8, 4) is 17.2 Å². The molecule has 0 saturated carbocycles.